The monoisotopic (exact) mass is 1480 g/mol. The van der Waals surface area contributed by atoms with Crippen LogP contribution in [0.5, 0.6) is 23.0 Å². The second-order valence-corrected chi connectivity index (χ2v) is 29.7. The topological polar surface area (TPSA) is 375 Å². The summed E-state index contributed by atoms with van der Waals surface area (Å²) in [5.41, 5.74) is 29.3. The number of benzene rings is 2. The number of nitrogen functional groups attached to an aromatic ring is 2. The summed E-state index contributed by atoms with van der Waals surface area (Å²) in [7, 11) is 12.2. The van der Waals surface area contributed by atoms with Crippen molar-refractivity contribution in [3.05, 3.63) is 139 Å². The molecule has 0 bridgehead atoms. The lowest BCUT2D eigenvalue weighted by molar-refractivity contribution is 0.00728. The van der Waals surface area contributed by atoms with E-state index >= 15 is 0 Å². The molecule has 2 aromatic carbocycles. The van der Waals surface area contributed by atoms with Crippen molar-refractivity contribution in [2.45, 2.75) is 140 Å². The Hall–Kier alpha value is -10.9. The van der Waals surface area contributed by atoms with Gasteiger partial charge in [-0.1, -0.05) is 12.1 Å². The molecule has 0 unspecified atom stereocenters. The molecule has 2 amide bonds. The summed E-state index contributed by atoms with van der Waals surface area (Å²) >= 11 is 0. The Kier molecular flexibility index (Phi) is 23.8. The number of nitrogens with zero attached hydrogens (tertiary/aromatic N) is 16. The van der Waals surface area contributed by atoms with Crippen molar-refractivity contribution in [2.75, 3.05) is 84.5 Å². The standard InChI is InChI=1S/C35H48N8O6.C25H32N8O2.C16H22N8/c1-34(2,3)48-32(44)40-30-15-28(39-31-27(19-38-43(30)31)24-17-37-41(7)20-24)23-10-12-25(42(21-23)33(45)49-35(4,5)6)18-36-16-22-11-13-26(46-8)14-29(22)47-9;1-32-15-18(12-29-32)21-14-30-33-24(26)9-22(31-25(21)33)16-4-6-19(28-11-16)13-27-10-17-5-7-20(34-2)8-23(17)35-3;1-23-9-11(7-20-23)13-8-21-24-15(18)4-14(22-16(13)24)10-2-3-12(5-17)19-6-10/h11,13-15,17,19-20,23,25,36H,10,12,16,18,21H2,1-9H3,(H,40,44);5,7-9,12,14-16,19,27-28H,4,6,10-11,13,26H2,1-3H3;4,7-10,12,19H,2-3,5-6,17-18H2,1H3/t23-,25-;16-,19-;10-,12-/m000/s1. The fourth-order valence-electron chi connectivity index (χ4n) is 13.9. The first-order valence-corrected chi connectivity index (χ1v) is 36.5. The molecule has 14 rings (SSSR count). The number of carbonyl (C=O) groups excluding carboxylic acids is 2. The lowest BCUT2D eigenvalue weighted by Gasteiger charge is -2.40. The van der Waals surface area contributed by atoms with Gasteiger partial charge in [-0.05, 0) is 92.2 Å². The zero-order valence-electron chi connectivity index (χ0n) is 63.9. The molecule has 11 N–H and O–H groups in total. The van der Waals surface area contributed by atoms with Crippen LogP contribution in [0, 0.1) is 0 Å². The maximum Gasteiger partial charge on any atom is 0.413 e. The molecule has 12 heterocycles. The van der Waals surface area contributed by atoms with Crippen molar-refractivity contribution in [3.63, 3.8) is 0 Å². The van der Waals surface area contributed by atoms with Crippen LogP contribution < -0.4 is 62.7 Å². The summed E-state index contributed by atoms with van der Waals surface area (Å²) in [6.45, 7) is 16.5. The molecular formula is C76H102N24O8. The summed E-state index contributed by atoms with van der Waals surface area (Å²) < 4.78 is 43.4. The summed E-state index contributed by atoms with van der Waals surface area (Å²) in [5.74, 6) is 5.17. The molecule has 3 aliphatic heterocycles. The molecular weight excluding hydrogens is 1380 g/mol. The Bertz CT molecular complexity index is 4890. The highest BCUT2D eigenvalue weighted by molar-refractivity contribution is 5.86. The van der Waals surface area contributed by atoms with E-state index in [4.69, 9.17) is 60.6 Å². The van der Waals surface area contributed by atoms with Gasteiger partial charge in [-0.25, -0.2) is 24.5 Å². The second-order valence-electron chi connectivity index (χ2n) is 29.7. The highest BCUT2D eigenvalue weighted by atomic mass is 16.6. The number of anilines is 3. The predicted molar refractivity (Wildman–Crippen MR) is 412 cm³/mol. The largest absolute Gasteiger partial charge is 0.497 e. The van der Waals surface area contributed by atoms with Crippen LogP contribution in [0.15, 0.2) is 110 Å². The number of likely N-dealkylation sites (tertiary alicyclic amines) is 1. The molecule has 3 saturated heterocycles. The third-order valence-corrected chi connectivity index (χ3v) is 19.5. The number of fused-ring (bicyclic) bond motifs is 3. The van der Waals surface area contributed by atoms with E-state index in [1.807, 2.05) is 127 Å². The van der Waals surface area contributed by atoms with E-state index in [0.29, 0.717) is 85.3 Å². The van der Waals surface area contributed by atoms with Crippen molar-refractivity contribution >= 4 is 46.6 Å². The van der Waals surface area contributed by atoms with Crippen LogP contribution in [0.4, 0.5) is 27.0 Å². The maximum absolute atomic E-state index is 13.7. The van der Waals surface area contributed by atoms with Crippen LogP contribution >= 0.6 is 0 Å². The first kappa shape index (κ1) is 76.7. The molecule has 9 aromatic heterocycles. The van der Waals surface area contributed by atoms with Gasteiger partial charge in [-0.2, -0.15) is 44.1 Å². The van der Waals surface area contributed by atoms with Crippen molar-refractivity contribution in [1.82, 2.24) is 99.3 Å². The van der Waals surface area contributed by atoms with Gasteiger partial charge >= 0.3 is 12.2 Å². The number of hydrogen-bond donors (Lipinski definition) is 8. The Balaban J connectivity index is 0.000000161. The minimum absolute atomic E-state index is 0.126. The number of nitrogens with one attached hydrogen (secondary N) is 5. The van der Waals surface area contributed by atoms with Gasteiger partial charge in [0, 0.05) is 203 Å². The Morgan fingerprint density at radius 2 is 0.963 bits per heavy atom. The number of nitrogens with two attached hydrogens (primary N) is 3. The Morgan fingerprint density at radius 3 is 1.39 bits per heavy atom. The summed E-state index contributed by atoms with van der Waals surface area (Å²) in [4.78, 5) is 43.3. The van der Waals surface area contributed by atoms with Gasteiger partial charge in [0.05, 0.1) is 82.7 Å². The van der Waals surface area contributed by atoms with E-state index in [1.165, 1.54) is 0 Å². The van der Waals surface area contributed by atoms with Gasteiger partial charge in [-0.3, -0.25) is 19.4 Å². The van der Waals surface area contributed by atoms with Gasteiger partial charge in [-0.15, -0.1) is 0 Å². The van der Waals surface area contributed by atoms with E-state index in [-0.39, 0.29) is 18.1 Å². The molecule has 574 valence electrons. The van der Waals surface area contributed by atoms with Gasteiger partial charge in [0.25, 0.3) is 0 Å². The highest BCUT2D eigenvalue weighted by Gasteiger charge is 2.37. The van der Waals surface area contributed by atoms with Gasteiger partial charge in [0.2, 0.25) is 0 Å². The maximum atomic E-state index is 13.7. The van der Waals surface area contributed by atoms with Crippen molar-refractivity contribution in [3.8, 4) is 56.4 Å². The number of piperidine rings is 3. The molecule has 0 spiro atoms. The molecule has 0 aliphatic carbocycles. The van der Waals surface area contributed by atoms with Crippen LogP contribution in [-0.2, 0) is 43.7 Å². The minimum Gasteiger partial charge on any atom is -0.497 e. The normalized spacial score (nSPS) is 18.3. The van der Waals surface area contributed by atoms with Crippen LogP contribution in [0.3, 0.4) is 0 Å². The van der Waals surface area contributed by atoms with Crippen LogP contribution in [-0.4, -0.2) is 187 Å². The summed E-state index contributed by atoms with van der Waals surface area (Å²) in [6.07, 6.45) is 21.2. The first-order chi connectivity index (χ1) is 51.8. The summed E-state index contributed by atoms with van der Waals surface area (Å²) in [5, 5.41) is 43.3. The number of amides is 2. The van der Waals surface area contributed by atoms with E-state index in [0.717, 1.165) is 148 Å². The lowest BCUT2D eigenvalue weighted by Crippen LogP contribution is -2.51. The number of rotatable bonds is 20. The van der Waals surface area contributed by atoms with E-state index in [2.05, 4.69) is 57.2 Å². The quantitative estimate of drug-likeness (QED) is 0.0354. The SMILES string of the molecule is COc1ccc(CNC[C@@H]2CC[C@H](c3cc(N)n4ncc(-c5cnn(C)c5)c4n3)CN2)c(OC)c1.COc1ccc(CNC[C@@H]2CC[C@H](c3cc(NC(=O)OC(C)(C)C)n4ncc(-c5cnn(C)c5)c4n3)CN2C(=O)OC(C)(C)C)c(OC)c1.Cn1cc(-c2cnn3c(N)cc([C@H]4CC[C@@H](CN)NC4)nc23)cn1. The van der Waals surface area contributed by atoms with Crippen molar-refractivity contribution in [1.29, 1.82) is 0 Å². The fraction of sp³-hybridized carbons (Fsp3) is 0.461. The van der Waals surface area contributed by atoms with Crippen LogP contribution in [0.25, 0.3) is 50.3 Å². The van der Waals surface area contributed by atoms with Crippen LogP contribution in [0.2, 0.25) is 0 Å². The van der Waals surface area contributed by atoms with Crippen molar-refractivity contribution in [2.24, 2.45) is 26.9 Å². The molecule has 3 fully saturated rings. The average Bonchev–Trinajstić information content (AvgIpc) is 1.62. The molecule has 0 radical (unpaired) electrons. The van der Waals surface area contributed by atoms with E-state index in [1.54, 1.807) is 106 Å². The summed E-state index contributed by atoms with van der Waals surface area (Å²) in [6, 6.07) is 18.0. The Morgan fingerprint density at radius 1 is 0.519 bits per heavy atom. The highest BCUT2D eigenvalue weighted by Crippen LogP contribution is 2.37. The average molecular weight is 1480 g/mol. The van der Waals surface area contributed by atoms with Gasteiger partial charge < -0.3 is 71.8 Å². The third-order valence-electron chi connectivity index (χ3n) is 19.5. The molecule has 6 atom stereocenters. The smallest absolute Gasteiger partial charge is 0.413 e. The number of carbonyl (C=O) groups is 2. The number of ether oxygens (including phenoxy) is 6. The van der Waals surface area contributed by atoms with Crippen LogP contribution in [0.1, 0.15) is 126 Å². The predicted octanol–water partition coefficient (Wildman–Crippen LogP) is 8.63. The number of aryl methyl sites for hydroxylation is 3. The molecule has 108 heavy (non-hydrogen) atoms. The molecule has 11 aromatic rings. The number of hydrogen-bond acceptors (Lipinski definition) is 24. The van der Waals surface area contributed by atoms with Gasteiger partial charge in [0.15, 0.2) is 16.9 Å². The van der Waals surface area contributed by atoms with Gasteiger partial charge in [0.1, 0.15) is 51.7 Å². The first-order valence-electron chi connectivity index (χ1n) is 36.5. The van der Waals surface area contributed by atoms with Crippen molar-refractivity contribution < 1.29 is 38.0 Å². The minimum atomic E-state index is -0.692. The number of methoxy groups -OCH3 is 4. The molecule has 3 aliphatic rings. The Labute approximate surface area is 627 Å². The number of aromatic nitrogens is 15. The lowest BCUT2D eigenvalue weighted by atomic mass is 9.90. The molecule has 0 saturated carbocycles. The zero-order chi connectivity index (χ0) is 76.6. The molecule has 32 nitrogen and oxygen atoms in total. The second kappa shape index (κ2) is 33.5. The van der Waals surface area contributed by atoms with E-state index < -0.39 is 17.3 Å². The van der Waals surface area contributed by atoms with E-state index in [9.17, 15) is 9.59 Å². The zero-order valence-corrected chi connectivity index (χ0v) is 63.9. The fourth-order valence-corrected chi connectivity index (χ4v) is 13.9. The third kappa shape index (κ3) is 18.4. The molecule has 32 heteroatoms.